The average Bonchev–Trinajstić information content (AvgIpc) is 3.61. The van der Waals surface area contributed by atoms with Crippen molar-refractivity contribution in [3.8, 4) is 21.1 Å². The standard InChI is InChI=1S/C15H14BrF2NO2S.C15H15F2NO2S.BHNS/c1-3-21-14(20)12-11(8-16)19-13(22-12)9-4-6-10(7-5-9)15(2,17)18;1-4-20-14(19)12-9(2)18-13(21-12)10-5-7-11(8-6-10)15(3,16)17;1-2-3/h4-7H,3,8H2,1-2H3;5-8H,4H2,1-3H3;3H. The van der Waals surface area contributed by atoms with E-state index in [1.54, 1.807) is 45.0 Å². The third kappa shape index (κ3) is 11.1. The molecule has 0 aliphatic rings. The molecule has 0 bridgehead atoms. The number of hydrogen-bond acceptors (Lipinski definition) is 10. The number of esters is 2. The summed E-state index contributed by atoms with van der Waals surface area (Å²) >= 11 is 8.88. The van der Waals surface area contributed by atoms with Crippen molar-refractivity contribution in [2.45, 2.75) is 51.8 Å². The summed E-state index contributed by atoms with van der Waals surface area (Å²) in [4.78, 5) is 33.2. The number of thiazole rings is 2. The van der Waals surface area contributed by atoms with E-state index < -0.39 is 23.8 Å². The zero-order valence-electron chi connectivity index (χ0n) is 25.4. The van der Waals surface area contributed by atoms with Crippen LogP contribution in [0.15, 0.2) is 52.8 Å². The topological polar surface area (TPSA) is 90.7 Å². The molecular formula is C30H30BBrF4N3O4S3. The molecule has 0 spiro atoms. The van der Waals surface area contributed by atoms with Crippen LogP contribution in [0.25, 0.3) is 21.1 Å². The number of hydrogen-bond donors (Lipinski definition) is 1. The van der Waals surface area contributed by atoms with E-state index in [0.29, 0.717) is 54.2 Å². The van der Waals surface area contributed by atoms with Crippen LogP contribution in [0.2, 0.25) is 0 Å². The zero-order valence-corrected chi connectivity index (χ0v) is 29.6. The first-order valence-corrected chi connectivity index (χ1v) is 16.7. The number of benzene rings is 2. The third-order valence-corrected chi connectivity index (χ3v) is 8.66. The van der Waals surface area contributed by atoms with E-state index in [1.165, 1.54) is 46.9 Å². The van der Waals surface area contributed by atoms with Gasteiger partial charge in [-0.25, -0.2) is 37.1 Å². The number of halogens is 5. The average molecular weight is 759 g/mol. The molecule has 2 aromatic carbocycles. The predicted octanol–water partition coefficient (Wildman–Crippen LogP) is 9.58. The summed E-state index contributed by atoms with van der Waals surface area (Å²) in [5, 5.41) is 1.63. The molecule has 245 valence electrons. The van der Waals surface area contributed by atoms with E-state index in [9.17, 15) is 27.2 Å². The van der Waals surface area contributed by atoms with Gasteiger partial charge in [-0.05, 0) is 20.8 Å². The SMILES string of the molecule is CCOC(=O)c1sc(-c2ccc(C(C)(F)F)cc2)nc1C.CCOC(=O)c1sc(-c2ccc(C(C)(F)F)cc2)nc1CBr.[B]=NS. The molecule has 1 radical (unpaired) electrons. The van der Waals surface area contributed by atoms with Crippen molar-refractivity contribution in [3.63, 3.8) is 0 Å². The first-order chi connectivity index (χ1) is 21.6. The summed E-state index contributed by atoms with van der Waals surface area (Å²) in [6, 6.07) is 11.8. The Labute approximate surface area is 287 Å². The second-order valence-corrected chi connectivity index (χ2v) is 12.1. The summed E-state index contributed by atoms with van der Waals surface area (Å²) in [5.41, 5.74) is 2.45. The van der Waals surface area contributed by atoms with E-state index in [0.717, 1.165) is 13.8 Å². The number of rotatable bonds is 9. The van der Waals surface area contributed by atoms with Gasteiger partial charge in [-0.3, -0.25) is 0 Å². The van der Waals surface area contributed by atoms with Crippen molar-refractivity contribution in [1.82, 2.24) is 9.97 Å². The Morgan fingerprint density at radius 1 is 0.826 bits per heavy atom. The molecular weight excluding hydrogens is 729 g/mol. The number of aromatic nitrogens is 2. The summed E-state index contributed by atoms with van der Waals surface area (Å²) in [6.45, 7) is 7.48. The van der Waals surface area contributed by atoms with Gasteiger partial charge in [0.1, 0.15) is 19.8 Å². The van der Waals surface area contributed by atoms with Gasteiger partial charge in [0.05, 0.1) is 24.6 Å². The van der Waals surface area contributed by atoms with Crippen LogP contribution < -0.4 is 0 Å². The molecule has 0 unspecified atom stereocenters. The zero-order chi connectivity index (χ0) is 34.7. The summed E-state index contributed by atoms with van der Waals surface area (Å²) in [7, 11) is 4.34. The fourth-order valence-electron chi connectivity index (χ4n) is 3.64. The number of carbonyl (C=O) groups is 2. The number of thiol groups is 1. The van der Waals surface area contributed by atoms with Gasteiger partial charge in [0.25, 0.3) is 11.8 Å². The molecule has 0 saturated carbocycles. The van der Waals surface area contributed by atoms with Gasteiger partial charge in [0, 0.05) is 41.4 Å². The van der Waals surface area contributed by atoms with Gasteiger partial charge in [-0.1, -0.05) is 64.5 Å². The predicted molar refractivity (Wildman–Crippen MR) is 181 cm³/mol. The van der Waals surface area contributed by atoms with Crippen molar-refractivity contribution >= 4 is 71.0 Å². The molecule has 2 aromatic heterocycles. The van der Waals surface area contributed by atoms with Gasteiger partial charge < -0.3 is 9.47 Å². The van der Waals surface area contributed by atoms with Gasteiger partial charge in [0.15, 0.2) is 0 Å². The Morgan fingerprint density at radius 2 is 1.20 bits per heavy atom. The summed E-state index contributed by atoms with van der Waals surface area (Å²) in [6.07, 6.45) is 0. The number of nitrogens with zero attached hydrogens (tertiary/aromatic N) is 3. The molecule has 0 N–H and O–H groups in total. The monoisotopic (exact) mass is 758 g/mol. The fraction of sp³-hybridized carbons (Fsp3) is 0.333. The van der Waals surface area contributed by atoms with Crippen LogP contribution in [0.3, 0.4) is 0 Å². The van der Waals surface area contributed by atoms with Gasteiger partial charge in [-0.15, -0.1) is 22.7 Å². The fourth-order valence-corrected chi connectivity index (χ4v) is 6.18. The molecule has 2 heterocycles. The summed E-state index contributed by atoms with van der Waals surface area (Å²) in [5.74, 6) is -6.57. The summed E-state index contributed by atoms with van der Waals surface area (Å²) < 4.78 is 65.4. The van der Waals surface area contributed by atoms with Crippen LogP contribution in [-0.2, 0) is 26.6 Å². The first kappa shape index (κ1) is 39.2. The minimum absolute atomic E-state index is 0.0508. The quantitative estimate of drug-likeness (QED) is 0.0601. The van der Waals surface area contributed by atoms with Crippen molar-refractivity contribution in [2.75, 3.05) is 13.2 Å². The second-order valence-electron chi connectivity index (χ2n) is 9.35. The van der Waals surface area contributed by atoms with Crippen molar-refractivity contribution < 1.29 is 36.6 Å². The van der Waals surface area contributed by atoms with Crippen LogP contribution >= 0.6 is 51.4 Å². The van der Waals surface area contributed by atoms with E-state index in [-0.39, 0.29) is 17.7 Å². The first-order valence-electron chi connectivity index (χ1n) is 13.5. The van der Waals surface area contributed by atoms with Crippen molar-refractivity contribution in [1.29, 1.82) is 0 Å². The van der Waals surface area contributed by atoms with E-state index in [1.807, 2.05) is 0 Å². The maximum absolute atomic E-state index is 13.2. The van der Waals surface area contributed by atoms with Gasteiger partial charge in [-0.2, -0.15) is 0 Å². The Bertz CT molecular complexity index is 1610. The van der Waals surface area contributed by atoms with Crippen LogP contribution in [0.5, 0.6) is 0 Å². The van der Waals surface area contributed by atoms with Crippen LogP contribution in [-0.4, -0.2) is 42.8 Å². The van der Waals surface area contributed by atoms with Crippen molar-refractivity contribution in [2.24, 2.45) is 4.30 Å². The third-order valence-electron chi connectivity index (χ3n) is 5.82. The molecule has 4 aromatic rings. The molecule has 4 rings (SSSR count). The molecule has 0 atom stereocenters. The Morgan fingerprint density at radius 3 is 1.57 bits per heavy atom. The Hall–Kier alpha value is -2.95. The Balaban J connectivity index is 0.000000295. The van der Waals surface area contributed by atoms with Crippen molar-refractivity contribution in [3.05, 3.63) is 80.8 Å². The van der Waals surface area contributed by atoms with Crippen LogP contribution in [0, 0.1) is 6.92 Å². The molecule has 0 aliphatic carbocycles. The van der Waals surface area contributed by atoms with E-state index in [4.69, 9.17) is 9.47 Å². The number of ether oxygens (including phenoxy) is 2. The molecule has 0 fully saturated rings. The maximum atomic E-state index is 13.2. The van der Waals surface area contributed by atoms with Crippen LogP contribution in [0.1, 0.15) is 69.6 Å². The van der Waals surface area contributed by atoms with Crippen LogP contribution in [0.4, 0.5) is 17.6 Å². The molecule has 0 saturated heterocycles. The number of aryl methyl sites for hydroxylation is 1. The molecule has 0 aliphatic heterocycles. The number of carbonyl (C=O) groups excluding carboxylic acids is 2. The second kappa shape index (κ2) is 17.8. The van der Waals surface area contributed by atoms with E-state index in [2.05, 4.69) is 50.7 Å². The number of alkyl halides is 5. The molecule has 46 heavy (non-hydrogen) atoms. The Kier molecular flexibility index (Phi) is 15.2. The molecule has 0 amide bonds. The minimum atomic E-state index is -2.88. The molecule has 16 heteroatoms. The van der Waals surface area contributed by atoms with E-state index >= 15 is 0 Å². The van der Waals surface area contributed by atoms with Gasteiger partial charge >= 0.3 is 36.7 Å². The normalized spacial score (nSPS) is 11.0. The van der Waals surface area contributed by atoms with Gasteiger partial charge in [0.2, 0.25) is 0 Å². The molecule has 7 nitrogen and oxygen atoms in total.